The molecule has 0 amide bonds. The van der Waals surface area contributed by atoms with Gasteiger partial charge in [-0.15, -0.1) is 0 Å². The molecule has 6 heteroatoms. The zero-order valence-electron chi connectivity index (χ0n) is 14.2. The Kier molecular flexibility index (Phi) is 6.41. The molecule has 0 saturated carbocycles. The van der Waals surface area contributed by atoms with Gasteiger partial charge in [-0.1, -0.05) is 40.2 Å². The highest BCUT2D eigenvalue weighted by atomic mass is 79.9. The summed E-state index contributed by atoms with van der Waals surface area (Å²) in [6, 6.07) is 8.22. The maximum atomic E-state index is 6.45. The number of hydrogen-bond acceptors (Lipinski definition) is 2. The van der Waals surface area contributed by atoms with E-state index in [9.17, 15) is 0 Å². The van der Waals surface area contributed by atoms with E-state index >= 15 is 0 Å². The van der Waals surface area contributed by atoms with Crippen LogP contribution in [0.15, 0.2) is 34.4 Å². The van der Waals surface area contributed by atoms with Gasteiger partial charge in [0.15, 0.2) is 16.6 Å². The van der Waals surface area contributed by atoms with Gasteiger partial charge in [0, 0.05) is 4.47 Å². The van der Waals surface area contributed by atoms with Gasteiger partial charge in [-0.05, 0) is 63.2 Å². The van der Waals surface area contributed by atoms with E-state index in [0.29, 0.717) is 0 Å². The topological polar surface area (TPSA) is 18.5 Å². The Morgan fingerprint density at radius 2 is 1.33 bits per heavy atom. The molecule has 0 aromatic heterocycles. The van der Waals surface area contributed by atoms with Crippen LogP contribution < -0.4 is 0 Å². The van der Waals surface area contributed by atoms with Crippen molar-refractivity contribution in [3.8, 4) is 0 Å². The minimum absolute atomic E-state index is 1.10. The Labute approximate surface area is 141 Å². The van der Waals surface area contributed by atoms with Crippen LogP contribution in [-0.4, -0.2) is 25.2 Å². The number of hydrogen-bond donors (Lipinski definition) is 0. The second-order valence-corrected chi connectivity index (χ2v) is 20.6. The summed E-state index contributed by atoms with van der Waals surface area (Å²) >= 11 is 3.59. The van der Waals surface area contributed by atoms with Crippen LogP contribution in [0.5, 0.6) is 0 Å². The molecular formula is C15H27BrO2Si3. The lowest BCUT2D eigenvalue weighted by Gasteiger charge is -2.36. The normalized spacial score (nSPS) is 13.9. The molecule has 2 nitrogen and oxygen atoms in total. The van der Waals surface area contributed by atoms with Crippen molar-refractivity contribution >= 4 is 47.2 Å². The lowest BCUT2D eigenvalue weighted by molar-refractivity contribution is 0.403. The average Bonchev–Trinajstić information content (AvgIpc) is 2.22. The van der Waals surface area contributed by atoms with Gasteiger partial charge in [-0.3, -0.25) is 0 Å². The van der Waals surface area contributed by atoms with Crippen molar-refractivity contribution < 1.29 is 8.23 Å². The van der Waals surface area contributed by atoms with Crippen molar-refractivity contribution in [2.45, 2.75) is 45.8 Å². The van der Waals surface area contributed by atoms with E-state index in [2.05, 4.69) is 85.7 Å². The van der Waals surface area contributed by atoms with Crippen LogP contribution in [0, 0.1) is 0 Å². The molecule has 0 heterocycles. The molecule has 0 spiro atoms. The summed E-state index contributed by atoms with van der Waals surface area (Å²) in [7, 11) is -5.60. The van der Waals surface area contributed by atoms with E-state index in [4.69, 9.17) is 8.23 Å². The monoisotopic (exact) mass is 402 g/mol. The minimum Gasteiger partial charge on any atom is -0.434 e. The first-order chi connectivity index (χ1) is 9.40. The fraction of sp³-hybridized carbons (Fsp3) is 0.467. The van der Waals surface area contributed by atoms with Crippen molar-refractivity contribution in [3.05, 3.63) is 40.0 Å². The second kappa shape index (κ2) is 7.06. The minimum atomic E-state index is -2.30. The van der Waals surface area contributed by atoms with Crippen molar-refractivity contribution in [2.24, 2.45) is 0 Å². The molecular weight excluding hydrogens is 376 g/mol. The van der Waals surface area contributed by atoms with Gasteiger partial charge in [0.05, 0.1) is 0 Å². The summed E-state index contributed by atoms with van der Waals surface area (Å²) < 4.78 is 14.0. The zero-order chi connectivity index (χ0) is 16.3. The van der Waals surface area contributed by atoms with E-state index in [1.807, 2.05) is 12.1 Å². The third-order valence-corrected chi connectivity index (χ3v) is 12.1. The lowest BCUT2D eigenvalue weighted by Crippen LogP contribution is -2.51. The first kappa shape index (κ1) is 19.1. The molecule has 118 valence electrons. The highest BCUT2D eigenvalue weighted by molar-refractivity contribution is 9.10. The van der Waals surface area contributed by atoms with Crippen LogP contribution in [0.4, 0.5) is 0 Å². The highest BCUT2D eigenvalue weighted by Crippen LogP contribution is 2.24. The third kappa shape index (κ3) is 7.71. The van der Waals surface area contributed by atoms with Gasteiger partial charge in [0.1, 0.15) is 0 Å². The summed E-state index contributed by atoms with van der Waals surface area (Å²) in [6.45, 7) is 15.5. The quantitative estimate of drug-likeness (QED) is 0.561. The van der Waals surface area contributed by atoms with Gasteiger partial charge in [0.25, 0.3) is 0 Å². The first-order valence-corrected chi connectivity index (χ1v) is 17.2. The largest absolute Gasteiger partial charge is 0.434 e. The molecule has 0 radical (unpaired) electrons. The standard InChI is InChI=1S/C15H27BrO2Si3/c1-19(2,3)17-21(7,18-20(4,5)6)13-12-14-10-8-9-11-15(14)16/h8-13H,1-7H3/b13-12-. The average molecular weight is 404 g/mol. The maximum absolute atomic E-state index is 6.45. The van der Waals surface area contributed by atoms with Gasteiger partial charge in [0.2, 0.25) is 0 Å². The molecule has 0 saturated heterocycles. The molecule has 21 heavy (non-hydrogen) atoms. The van der Waals surface area contributed by atoms with Crippen LogP contribution in [0.25, 0.3) is 6.08 Å². The Morgan fingerprint density at radius 3 is 1.76 bits per heavy atom. The number of halogens is 1. The molecule has 1 rings (SSSR count). The van der Waals surface area contributed by atoms with Gasteiger partial charge in [-0.2, -0.15) is 0 Å². The molecule has 0 N–H and O–H groups in total. The fourth-order valence-corrected chi connectivity index (χ4v) is 13.9. The Bertz CT molecular complexity index is 488. The first-order valence-electron chi connectivity index (χ1n) is 7.24. The fourth-order valence-electron chi connectivity index (χ4n) is 2.16. The second-order valence-electron chi connectivity index (χ2n) is 7.30. The molecule has 0 atom stereocenters. The molecule has 0 unspecified atom stereocenters. The molecule has 0 fully saturated rings. The number of rotatable bonds is 6. The molecule has 0 bridgehead atoms. The van der Waals surface area contributed by atoms with Crippen molar-refractivity contribution in [3.63, 3.8) is 0 Å². The Balaban J connectivity index is 3.05. The van der Waals surface area contributed by atoms with E-state index in [0.717, 1.165) is 10.0 Å². The predicted molar refractivity (Wildman–Crippen MR) is 104 cm³/mol. The van der Waals surface area contributed by atoms with Crippen molar-refractivity contribution in [1.29, 1.82) is 0 Å². The molecule has 1 aromatic rings. The lowest BCUT2D eigenvalue weighted by atomic mass is 10.2. The van der Waals surface area contributed by atoms with Gasteiger partial charge >= 0.3 is 8.56 Å². The maximum Gasteiger partial charge on any atom is 0.341 e. The molecule has 0 aliphatic carbocycles. The van der Waals surface area contributed by atoms with Crippen LogP contribution >= 0.6 is 15.9 Å². The van der Waals surface area contributed by atoms with E-state index in [1.165, 1.54) is 0 Å². The third-order valence-electron chi connectivity index (χ3n) is 2.49. The smallest absolute Gasteiger partial charge is 0.341 e. The van der Waals surface area contributed by atoms with Crippen LogP contribution in [0.1, 0.15) is 5.56 Å². The predicted octanol–water partition coefficient (Wildman–Crippen LogP) is 5.78. The zero-order valence-corrected chi connectivity index (χ0v) is 18.7. The van der Waals surface area contributed by atoms with Crippen molar-refractivity contribution in [2.75, 3.05) is 0 Å². The summed E-state index contributed by atoms with van der Waals surface area (Å²) in [4.78, 5) is 0. The molecule has 1 aromatic carbocycles. The molecule has 0 aliphatic heterocycles. The van der Waals surface area contributed by atoms with E-state index < -0.39 is 25.2 Å². The summed E-state index contributed by atoms with van der Waals surface area (Å²) in [5.74, 6) is 0. The van der Waals surface area contributed by atoms with Crippen LogP contribution in [-0.2, 0) is 8.23 Å². The van der Waals surface area contributed by atoms with Gasteiger partial charge < -0.3 is 8.23 Å². The Hall–Kier alpha value is 0.0106. The van der Waals surface area contributed by atoms with Gasteiger partial charge in [-0.25, -0.2) is 0 Å². The number of benzene rings is 1. The van der Waals surface area contributed by atoms with Crippen LogP contribution in [0.2, 0.25) is 45.8 Å². The van der Waals surface area contributed by atoms with E-state index in [1.54, 1.807) is 0 Å². The SMILES string of the molecule is C[Si](C)(C)O[Si](C)(/C=C\c1ccccc1Br)O[Si](C)(C)C. The van der Waals surface area contributed by atoms with E-state index in [-0.39, 0.29) is 0 Å². The Morgan fingerprint density at radius 1 is 0.857 bits per heavy atom. The van der Waals surface area contributed by atoms with Crippen molar-refractivity contribution in [1.82, 2.24) is 0 Å². The van der Waals surface area contributed by atoms with Crippen LogP contribution in [0.3, 0.4) is 0 Å². The highest BCUT2D eigenvalue weighted by Gasteiger charge is 2.38. The molecule has 0 aliphatic rings. The summed E-state index contributed by atoms with van der Waals surface area (Å²) in [6.07, 6.45) is 2.14. The summed E-state index contributed by atoms with van der Waals surface area (Å²) in [5, 5.41) is 0. The summed E-state index contributed by atoms with van der Waals surface area (Å²) in [5.41, 5.74) is 3.35.